The highest BCUT2D eigenvalue weighted by atomic mass is 32.1. The molecule has 2 aromatic carbocycles. The average Bonchev–Trinajstić information content (AvgIpc) is 3.34. The second-order valence-corrected chi connectivity index (χ2v) is 8.02. The summed E-state index contributed by atoms with van der Waals surface area (Å²) in [5.74, 6) is -0.389. The van der Waals surface area contributed by atoms with Crippen LogP contribution in [0.5, 0.6) is 0 Å². The molecule has 29 heavy (non-hydrogen) atoms. The standard InChI is InChI=1S/C21H19BN2O4S/c1-13-4-9-16-18(11-13)23-21(14-5-7-15(8-6-14)22(25)26)20(16)17(12-24(27)28)19-3-2-10-29-19/h2-11,17,23,25-26H,12H2,1H3. The number of aromatic nitrogens is 1. The summed E-state index contributed by atoms with van der Waals surface area (Å²) in [4.78, 5) is 15.6. The molecule has 146 valence electrons. The van der Waals surface area contributed by atoms with Crippen LogP contribution in [0.15, 0.2) is 60.0 Å². The Bertz CT molecular complexity index is 1150. The number of nitrogens with zero attached hydrogens (tertiary/aromatic N) is 1. The molecule has 6 nitrogen and oxygen atoms in total. The molecule has 0 fully saturated rings. The van der Waals surface area contributed by atoms with Crippen LogP contribution in [0.25, 0.3) is 22.2 Å². The lowest BCUT2D eigenvalue weighted by molar-refractivity contribution is -0.481. The molecule has 0 saturated heterocycles. The van der Waals surface area contributed by atoms with Crippen molar-refractivity contribution in [3.8, 4) is 11.3 Å². The van der Waals surface area contributed by atoms with Crippen molar-refractivity contribution in [3.63, 3.8) is 0 Å². The first kappa shape index (κ1) is 19.4. The molecule has 0 spiro atoms. The fraction of sp³-hybridized carbons (Fsp3) is 0.143. The van der Waals surface area contributed by atoms with E-state index in [9.17, 15) is 20.2 Å². The van der Waals surface area contributed by atoms with E-state index in [4.69, 9.17) is 0 Å². The van der Waals surface area contributed by atoms with E-state index in [1.807, 2.05) is 42.6 Å². The lowest BCUT2D eigenvalue weighted by atomic mass is 9.80. The summed E-state index contributed by atoms with van der Waals surface area (Å²) < 4.78 is 0. The lowest BCUT2D eigenvalue weighted by Gasteiger charge is -2.14. The van der Waals surface area contributed by atoms with Gasteiger partial charge in [0, 0.05) is 26.3 Å². The van der Waals surface area contributed by atoms with Gasteiger partial charge in [0.05, 0.1) is 11.6 Å². The highest BCUT2D eigenvalue weighted by Gasteiger charge is 2.28. The van der Waals surface area contributed by atoms with Crippen LogP contribution in [-0.2, 0) is 0 Å². The largest absolute Gasteiger partial charge is 0.488 e. The van der Waals surface area contributed by atoms with Gasteiger partial charge in [-0.3, -0.25) is 10.1 Å². The highest BCUT2D eigenvalue weighted by Crippen LogP contribution is 2.40. The van der Waals surface area contributed by atoms with E-state index in [1.54, 1.807) is 24.3 Å². The van der Waals surface area contributed by atoms with Crippen LogP contribution in [0, 0.1) is 17.0 Å². The molecule has 0 aliphatic heterocycles. The van der Waals surface area contributed by atoms with Gasteiger partial charge in [-0.1, -0.05) is 42.5 Å². The number of fused-ring (bicyclic) bond motifs is 1. The first-order valence-electron chi connectivity index (χ1n) is 9.18. The molecule has 1 unspecified atom stereocenters. The van der Waals surface area contributed by atoms with Gasteiger partial charge in [0.25, 0.3) is 0 Å². The van der Waals surface area contributed by atoms with Crippen molar-refractivity contribution in [1.29, 1.82) is 0 Å². The van der Waals surface area contributed by atoms with Crippen molar-refractivity contribution in [1.82, 2.24) is 4.98 Å². The normalized spacial score (nSPS) is 12.2. The monoisotopic (exact) mass is 406 g/mol. The second-order valence-electron chi connectivity index (χ2n) is 7.04. The number of nitrogens with one attached hydrogen (secondary N) is 1. The summed E-state index contributed by atoms with van der Waals surface area (Å²) in [6.45, 7) is 1.80. The van der Waals surface area contributed by atoms with Gasteiger partial charge < -0.3 is 15.0 Å². The predicted molar refractivity (Wildman–Crippen MR) is 116 cm³/mol. The van der Waals surface area contributed by atoms with E-state index in [-0.39, 0.29) is 17.4 Å². The van der Waals surface area contributed by atoms with Gasteiger partial charge in [0.15, 0.2) is 0 Å². The maximum atomic E-state index is 11.5. The zero-order valence-electron chi connectivity index (χ0n) is 15.7. The van der Waals surface area contributed by atoms with Crippen molar-refractivity contribution >= 4 is 34.8 Å². The number of benzene rings is 2. The van der Waals surface area contributed by atoms with E-state index in [0.717, 1.165) is 38.2 Å². The molecule has 0 aliphatic carbocycles. The number of hydrogen-bond acceptors (Lipinski definition) is 5. The maximum Gasteiger partial charge on any atom is 0.488 e. The first-order valence-corrected chi connectivity index (χ1v) is 10.1. The minimum atomic E-state index is -1.54. The quantitative estimate of drug-likeness (QED) is 0.260. The van der Waals surface area contributed by atoms with Gasteiger partial charge in [-0.05, 0) is 41.0 Å². The third-order valence-corrected chi connectivity index (χ3v) is 6.04. The van der Waals surface area contributed by atoms with Crippen LogP contribution in [0.4, 0.5) is 0 Å². The summed E-state index contributed by atoms with van der Waals surface area (Å²) >= 11 is 1.51. The van der Waals surface area contributed by atoms with Crippen molar-refractivity contribution in [3.05, 3.63) is 86.1 Å². The first-order chi connectivity index (χ1) is 13.9. The van der Waals surface area contributed by atoms with Crippen molar-refractivity contribution in [2.24, 2.45) is 0 Å². The third kappa shape index (κ3) is 3.82. The van der Waals surface area contributed by atoms with Gasteiger partial charge in [-0.2, -0.15) is 0 Å². The number of rotatable bonds is 6. The number of thiophene rings is 1. The molecule has 2 aromatic heterocycles. The summed E-state index contributed by atoms with van der Waals surface area (Å²) in [5, 5.41) is 33.1. The topological polar surface area (TPSA) is 99.4 Å². The van der Waals surface area contributed by atoms with E-state index in [1.165, 1.54) is 11.3 Å². The number of H-pyrrole nitrogens is 1. The molecule has 1 atom stereocenters. The van der Waals surface area contributed by atoms with Crippen molar-refractivity contribution in [2.45, 2.75) is 12.8 Å². The Hall–Kier alpha value is -2.94. The minimum absolute atomic E-state index is 0.207. The molecule has 0 aliphatic rings. The van der Waals surface area contributed by atoms with Gasteiger partial charge in [-0.25, -0.2) is 0 Å². The SMILES string of the molecule is Cc1ccc2c(C(C[N+](=O)[O-])c3cccs3)c(-c3ccc(B(O)O)cc3)[nH]c2c1. The molecule has 0 saturated carbocycles. The fourth-order valence-corrected chi connectivity index (χ4v) is 4.53. The molecule has 4 aromatic rings. The summed E-state index contributed by atoms with van der Waals surface area (Å²) in [6.07, 6.45) is 0. The van der Waals surface area contributed by atoms with E-state index in [2.05, 4.69) is 4.98 Å². The Kier molecular flexibility index (Phi) is 5.23. The zero-order chi connectivity index (χ0) is 20.5. The van der Waals surface area contributed by atoms with E-state index in [0.29, 0.717) is 5.46 Å². The van der Waals surface area contributed by atoms with Crippen LogP contribution in [0.3, 0.4) is 0 Å². The van der Waals surface area contributed by atoms with Crippen molar-refractivity contribution < 1.29 is 15.0 Å². The van der Waals surface area contributed by atoms with E-state index < -0.39 is 7.12 Å². The Balaban J connectivity index is 1.95. The second kappa shape index (κ2) is 7.83. The maximum absolute atomic E-state index is 11.5. The number of nitro groups is 1. The van der Waals surface area contributed by atoms with Crippen molar-refractivity contribution in [2.75, 3.05) is 6.54 Å². The molecule has 4 rings (SSSR count). The zero-order valence-corrected chi connectivity index (χ0v) is 16.5. The molecular weight excluding hydrogens is 387 g/mol. The van der Waals surface area contributed by atoms with Crippen LogP contribution < -0.4 is 5.46 Å². The van der Waals surface area contributed by atoms with E-state index >= 15 is 0 Å². The molecule has 3 N–H and O–H groups in total. The molecule has 0 bridgehead atoms. The summed E-state index contributed by atoms with van der Waals surface area (Å²) in [5.41, 5.74) is 4.94. The smallest absolute Gasteiger partial charge is 0.423 e. The molecule has 8 heteroatoms. The van der Waals surface area contributed by atoms with Gasteiger partial charge in [0.1, 0.15) is 0 Å². The predicted octanol–water partition coefficient (Wildman–Crippen LogP) is 3.29. The number of aromatic amines is 1. The molecular formula is C21H19BN2O4S. The van der Waals surface area contributed by atoms with Crippen LogP contribution in [0.1, 0.15) is 21.9 Å². The Labute approximate surface area is 171 Å². The van der Waals surface area contributed by atoms with Crippen LogP contribution >= 0.6 is 11.3 Å². The van der Waals surface area contributed by atoms with Gasteiger partial charge in [-0.15, -0.1) is 11.3 Å². The Morgan fingerprint density at radius 2 is 1.93 bits per heavy atom. The minimum Gasteiger partial charge on any atom is -0.423 e. The van der Waals surface area contributed by atoms with Gasteiger partial charge in [0.2, 0.25) is 6.54 Å². The number of hydrogen-bond donors (Lipinski definition) is 3. The number of aryl methyl sites for hydroxylation is 1. The highest BCUT2D eigenvalue weighted by molar-refractivity contribution is 7.10. The molecule has 2 heterocycles. The average molecular weight is 406 g/mol. The Morgan fingerprint density at radius 1 is 1.17 bits per heavy atom. The molecule has 0 radical (unpaired) electrons. The molecule has 0 amide bonds. The van der Waals surface area contributed by atoms with Gasteiger partial charge >= 0.3 is 7.12 Å². The Morgan fingerprint density at radius 3 is 2.55 bits per heavy atom. The summed E-state index contributed by atoms with van der Waals surface area (Å²) in [6, 6.07) is 16.8. The lowest BCUT2D eigenvalue weighted by Crippen LogP contribution is -2.29. The van der Waals surface area contributed by atoms with Crippen LogP contribution in [0.2, 0.25) is 0 Å². The van der Waals surface area contributed by atoms with Crippen LogP contribution in [-0.4, -0.2) is 33.6 Å². The fourth-order valence-electron chi connectivity index (χ4n) is 3.71. The third-order valence-electron chi connectivity index (χ3n) is 5.06. The summed E-state index contributed by atoms with van der Waals surface area (Å²) in [7, 11) is -1.54.